The van der Waals surface area contributed by atoms with E-state index in [0.717, 1.165) is 35.0 Å². The van der Waals surface area contributed by atoms with Gasteiger partial charge in [0.15, 0.2) is 0 Å². The second kappa shape index (κ2) is 11.3. The van der Waals surface area contributed by atoms with Crippen LogP contribution in [-0.2, 0) is 17.4 Å². The summed E-state index contributed by atoms with van der Waals surface area (Å²) in [6.45, 7) is 1.46. The number of aliphatic imine (C=N–C) groups is 1. The number of pyridine rings is 1. The molecule has 2 aromatic carbocycles. The number of nitrogens with zero attached hydrogens (tertiary/aromatic N) is 3. The Bertz CT molecular complexity index is 1370. The number of amidine groups is 1. The number of ether oxygens (including phenoxy) is 1. The Labute approximate surface area is 217 Å². The number of carbonyl (C=O) groups is 2. The van der Waals surface area contributed by atoms with E-state index in [0.29, 0.717) is 30.2 Å². The molecule has 0 fully saturated rings. The van der Waals surface area contributed by atoms with Gasteiger partial charge in [0.1, 0.15) is 23.0 Å². The van der Waals surface area contributed by atoms with Crippen LogP contribution in [0.5, 0.6) is 11.5 Å². The SMILES string of the molecule is CN(C)C(=O)c1ccc(NC(=O)CCc2cccc(Oc3ccnc(C4=NCCN4)c3)c2)cc1C(F)(F)F. The van der Waals surface area contributed by atoms with Crippen molar-refractivity contribution in [1.29, 1.82) is 0 Å². The Kier molecular flexibility index (Phi) is 7.94. The van der Waals surface area contributed by atoms with Crippen LogP contribution in [-0.4, -0.2) is 54.7 Å². The fraction of sp³-hybridized carbons (Fsp3) is 0.259. The van der Waals surface area contributed by atoms with Crippen LogP contribution >= 0.6 is 0 Å². The second-order valence-corrected chi connectivity index (χ2v) is 8.79. The van der Waals surface area contributed by atoms with Crippen LogP contribution in [0.4, 0.5) is 18.9 Å². The number of benzene rings is 2. The fourth-order valence-electron chi connectivity index (χ4n) is 3.84. The van der Waals surface area contributed by atoms with E-state index in [1.165, 1.54) is 20.2 Å². The van der Waals surface area contributed by atoms with E-state index in [1.807, 2.05) is 6.07 Å². The van der Waals surface area contributed by atoms with Gasteiger partial charge in [0, 0.05) is 45.0 Å². The number of aryl methyl sites for hydroxylation is 1. The van der Waals surface area contributed by atoms with Crippen LogP contribution in [0.1, 0.15) is 33.6 Å². The maximum atomic E-state index is 13.5. The number of anilines is 1. The Morgan fingerprint density at radius 1 is 1.08 bits per heavy atom. The summed E-state index contributed by atoms with van der Waals surface area (Å²) in [7, 11) is 2.74. The number of aromatic nitrogens is 1. The number of nitrogens with one attached hydrogen (secondary N) is 2. The van der Waals surface area contributed by atoms with Gasteiger partial charge < -0.3 is 20.3 Å². The highest BCUT2D eigenvalue weighted by Gasteiger charge is 2.36. The molecule has 0 unspecified atom stereocenters. The average Bonchev–Trinajstić information content (AvgIpc) is 3.42. The molecule has 0 saturated carbocycles. The van der Waals surface area contributed by atoms with Gasteiger partial charge in [-0.05, 0) is 48.4 Å². The third kappa shape index (κ3) is 6.67. The van der Waals surface area contributed by atoms with Crippen molar-refractivity contribution in [3.63, 3.8) is 0 Å². The maximum absolute atomic E-state index is 13.5. The van der Waals surface area contributed by atoms with E-state index in [-0.39, 0.29) is 12.1 Å². The minimum absolute atomic E-state index is 0.0358. The van der Waals surface area contributed by atoms with E-state index in [1.54, 1.807) is 36.5 Å². The smallest absolute Gasteiger partial charge is 0.417 e. The first kappa shape index (κ1) is 26.6. The van der Waals surface area contributed by atoms with Crippen LogP contribution in [0, 0.1) is 0 Å². The first-order valence-corrected chi connectivity index (χ1v) is 11.8. The lowest BCUT2D eigenvalue weighted by molar-refractivity contribution is -0.138. The van der Waals surface area contributed by atoms with Crippen molar-refractivity contribution in [2.24, 2.45) is 4.99 Å². The van der Waals surface area contributed by atoms with Crippen molar-refractivity contribution >= 4 is 23.3 Å². The van der Waals surface area contributed by atoms with Gasteiger partial charge in [0.25, 0.3) is 5.91 Å². The van der Waals surface area contributed by atoms with E-state index in [9.17, 15) is 22.8 Å². The highest BCUT2D eigenvalue weighted by Crippen LogP contribution is 2.34. The molecule has 0 atom stereocenters. The predicted octanol–water partition coefficient (Wildman–Crippen LogP) is 4.52. The molecule has 198 valence electrons. The predicted molar refractivity (Wildman–Crippen MR) is 137 cm³/mol. The summed E-state index contributed by atoms with van der Waals surface area (Å²) in [6.07, 6.45) is -2.74. The zero-order valence-corrected chi connectivity index (χ0v) is 20.8. The van der Waals surface area contributed by atoms with Crippen LogP contribution in [0.3, 0.4) is 0 Å². The lowest BCUT2D eigenvalue weighted by atomic mass is 10.0. The summed E-state index contributed by atoms with van der Waals surface area (Å²) >= 11 is 0. The highest BCUT2D eigenvalue weighted by molar-refractivity contribution is 5.98. The summed E-state index contributed by atoms with van der Waals surface area (Å²) in [6, 6.07) is 13.8. The lowest BCUT2D eigenvalue weighted by Gasteiger charge is -2.17. The number of hydrogen-bond acceptors (Lipinski definition) is 6. The van der Waals surface area contributed by atoms with Crippen molar-refractivity contribution < 1.29 is 27.5 Å². The standard InChI is InChI=1S/C27H26F3N5O3/c1-35(2)26(37)21-8-7-18(15-22(21)27(28,29)30)34-24(36)9-6-17-4-3-5-19(14-17)38-20-10-11-31-23(16-20)25-32-12-13-33-25/h3-5,7-8,10-11,14-16H,6,9,12-13H2,1-2H3,(H,32,33)(H,34,36). The largest absolute Gasteiger partial charge is 0.457 e. The van der Waals surface area contributed by atoms with Crippen molar-refractivity contribution in [2.45, 2.75) is 19.0 Å². The molecule has 0 aliphatic carbocycles. The van der Waals surface area contributed by atoms with Crippen molar-refractivity contribution in [3.05, 3.63) is 83.2 Å². The summed E-state index contributed by atoms with van der Waals surface area (Å²) in [5, 5.41) is 5.65. The van der Waals surface area contributed by atoms with Gasteiger partial charge in [-0.3, -0.25) is 19.6 Å². The molecule has 3 aromatic rings. The molecule has 1 aromatic heterocycles. The van der Waals surface area contributed by atoms with Crippen LogP contribution in [0.2, 0.25) is 0 Å². The molecule has 8 nitrogen and oxygen atoms in total. The van der Waals surface area contributed by atoms with Gasteiger partial charge in [-0.15, -0.1) is 0 Å². The van der Waals surface area contributed by atoms with Crippen molar-refractivity contribution in [3.8, 4) is 11.5 Å². The van der Waals surface area contributed by atoms with E-state index in [4.69, 9.17) is 4.74 Å². The second-order valence-electron chi connectivity index (χ2n) is 8.79. The number of rotatable bonds is 8. The summed E-state index contributed by atoms with van der Waals surface area (Å²) in [4.78, 5) is 34.4. The van der Waals surface area contributed by atoms with Gasteiger partial charge in [0.05, 0.1) is 17.7 Å². The molecule has 0 radical (unpaired) electrons. The topological polar surface area (TPSA) is 95.9 Å². The number of carbonyl (C=O) groups excluding carboxylic acids is 2. The van der Waals surface area contributed by atoms with Crippen molar-refractivity contribution in [2.75, 3.05) is 32.5 Å². The number of alkyl halides is 3. The third-order valence-corrected chi connectivity index (χ3v) is 5.67. The molecule has 11 heteroatoms. The van der Waals surface area contributed by atoms with Gasteiger partial charge in [-0.1, -0.05) is 12.1 Å². The minimum atomic E-state index is -4.75. The summed E-state index contributed by atoms with van der Waals surface area (Å²) in [5.74, 6) is 0.635. The van der Waals surface area contributed by atoms with E-state index < -0.39 is 29.1 Å². The molecular formula is C27H26F3N5O3. The summed E-state index contributed by atoms with van der Waals surface area (Å²) in [5.41, 5.74) is -0.123. The molecule has 4 rings (SSSR count). The number of amides is 2. The molecule has 1 aliphatic heterocycles. The molecule has 0 saturated heterocycles. The molecule has 2 amide bonds. The molecule has 0 spiro atoms. The van der Waals surface area contributed by atoms with E-state index >= 15 is 0 Å². The average molecular weight is 526 g/mol. The first-order valence-electron chi connectivity index (χ1n) is 11.8. The first-order chi connectivity index (χ1) is 18.1. The Morgan fingerprint density at radius 3 is 2.58 bits per heavy atom. The van der Waals surface area contributed by atoms with Gasteiger partial charge >= 0.3 is 6.18 Å². The maximum Gasteiger partial charge on any atom is 0.417 e. The normalized spacial score (nSPS) is 12.9. The number of halogens is 3. The van der Waals surface area contributed by atoms with Crippen LogP contribution < -0.4 is 15.4 Å². The van der Waals surface area contributed by atoms with Gasteiger partial charge in [-0.2, -0.15) is 13.2 Å². The van der Waals surface area contributed by atoms with Crippen molar-refractivity contribution in [1.82, 2.24) is 15.2 Å². The Hall–Kier alpha value is -4.41. The zero-order valence-electron chi connectivity index (χ0n) is 20.8. The van der Waals surface area contributed by atoms with Crippen LogP contribution in [0.25, 0.3) is 0 Å². The fourth-order valence-corrected chi connectivity index (χ4v) is 3.84. The molecular weight excluding hydrogens is 499 g/mol. The molecule has 2 heterocycles. The third-order valence-electron chi connectivity index (χ3n) is 5.67. The van der Waals surface area contributed by atoms with Gasteiger partial charge in [-0.25, -0.2) is 0 Å². The number of hydrogen-bond donors (Lipinski definition) is 2. The lowest BCUT2D eigenvalue weighted by Crippen LogP contribution is -2.25. The Balaban J connectivity index is 1.38. The molecule has 38 heavy (non-hydrogen) atoms. The minimum Gasteiger partial charge on any atom is -0.457 e. The highest BCUT2D eigenvalue weighted by atomic mass is 19.4. The van der Waals surface area contributed by atoms with Gasteiger partial charge in [0.2, 0.25) is 5.91 Å². The summed E-state index contributed by atoms with van der Waals surface area (Å²) < 4.78 is 46.6. The monoisotopic (exact) mass is 525 g/mol. The molecule has 2 N–H and O–H groups in total. The quantitative estimate of drug-likeness (QED) is 0.451. The molecule has 1 aliphatic rings. The van der Waals surface area contributed by atoms with E-state index in [2.05, 4.69) is 20.6 Å². The van der Waals surface area contributed by atoms with Crippen LogP contribution in [0.15, 0.2) is 65.8 Å². The zero-order chi connectivity index (χ0) is 27.3. The molecule has 0 bridgehead atoms. The Morgan fingerprint density at radius 2 is 1.87 bits per heavy atom.